The summed E-state index contributed by atoms with van der Waals surface area (Å²) in [5, 5.41) is 2.62. The van der Waals surface area contributed by atoms with Crippen molar-refractivity contribution >= 4 is 27.3 Å². The number of rotatable bonds is 5. The molecule has 28 heavy (non-hydrogen) atoms. The fourth-order valence-electron chi connectivity index (χ4n) is 2.66. The summed E-state index contributed by atoms with van der Waals surface area (Å²) in [6.45, 7) is 1.74. The summed E-state index contributed by atoms with van der Waals surface area (Å²) in [4.78, 5) is 12.5. The predicted molar refractivity (Wildman–Crippen MR) is 108 cm³/mol. The van der Waals surface area contributed by atoms with Gasteiger partial charge in [0.15, 0.2) is 0 Å². The highest BCUT2D eigenvalue weighted by molar-refractivity contribution is 7.92. The first-order valence-electron chi connectivity index (χ1n) is 8.50. The van der Waals surface area contributed by atoms with Crippen LogP contribution in [-0.2, 0) is 10.0 Å². The van der Waals surface area contributed by atoms with Gasteiger partial charge in [-0.1, -0.05) is 30.3 Å². The molecule has 0 aliphatic heterocycles. The molecule has 144 valence electrons. The molecule has 1 amide bonds. The molecule has 0 spiro atoms. The van der Waals surface area contributed by atoms with E-state index in [2.05, 4.69) is 5.32 Å². The van der Waals surface area contributed by atoms with E-state index in [1.807, 2.05) is 0 Å². The van der Waals surface area contributed by atoms with Crippen LogP contribution >= 0.6 is 0 Å². The lowest BCUT2D eigenvalue weighted by molar-refractivity contribution is 0.102. The van der Waals surface area contributed by atoms with Crippen molar-refractivity contribution in [3.63, 3.8) is 0 Å². The minimum Gasteiger partial charge on any atom is -0.322 e. The van der Waals surface area contributed by atoms with Crippen LogP contribution in [0.15, 0.2) is 77.7 Å². The van der Waals surface area contributed by atoms with Gasteiger partial charge >= 0.3 is 0 Å². The molecule has 0 bridgehead atoms. The third-order valence-electron chi connectivity index (χ3n) is 4.32. The fourth-order valence-corrected chi connectivity index (χ4v) is 3.90. The van der Waals surface area contributed by atoms with Gasteiger partial charge in [0.1, 0.15) is 5.82 Å². The third-order valence-corrected chi connectivity index (χ3v) is 6.10. The Morgan fingerprint density at radius 3 is 2.39 bits per heavy atom. The first-order valence-corrected chi connectivity index (χ1v) is 9.94. The second kappa shape index (κ2) is 7.82. The molecule has 5 nitrogen and oxygen atoms in total. The standard InChI is InChI=1S/C21H19FN2O3S/c1-15-11-12-17(22)14-20(15)23-21(25)16-7-6-10-19(13-16)28(26,27)24(2)18-8-4-3-5-9-18/h3-14H,1-2H3,(H,23,25). The molecular formula is C21H19FN2O3S. The largest absolute Gasteiger partial charge is 0.322 e. The summed E-state index contributed by atoms with van der Waals surface area (Å²) < 4.78 is 40.4. The monoisotopic (exact) mass is 398 g/mol. The van der Waals surface area contributed by atoms with Gasteiger partial charge in [-0.25, -0.2) is 12.8 Å². The summed E-state index contributed by atoms with van der Waals surface area (Å²) in [5.74, 6) is -0.991. The summed E-state index contributed by atoms with van der Waals surface area (Å²) in [7, 11) is -2.39. The molecule has 3 aromatic rings. The fraction of sp³-hybridized carbons (Fsp3) is 0.0952. The molecule has 0 aliphatic carbocycles. The Morgan fingerprint density at radius 2 is 1.68 bits per heavy atom. The van der Waals surface area contributed by atoms with Gasteiger partial charge in [0.05, 0.1) is 10.6 Å². The van der Waals surface area contributed by atoms with Crippen molar-refractivity contribution in [3.8, 4) is 0 Å². The maximum absolute atomic E-state index is 13.4. The van der Waals surface area contributed by atoms with Crippen molar-refractivity contribution < 1.29 is 17.6 Å². The summed E-state index contributed by atoms with van der Waals surface area (Å²) in [5.41, 5.74) is 1.70. The zero-order valence-electron chi connectivity index (χ0n) is 15.4. The van der Waals surface area contributed by atoms with E-state index in [0.29, 0.717) is 16.9 Å². The number of hydrogen-bond donors (Lipinski definition) is 1. The molecular weight excluding hydrogens is 379 g/mol. The van der Waals surface area contributed by atoms with E-state index in [0.717, 1.165) is 4.31 Å². The van der Waals surface area contributed by atoms with Crippen LogP contribution in [0.3, 0.4) is 0 Å². The van der Waals surface area contributed by atoms with E-state index in [1.165, 1.54) is 43.4 Å². The van der Waals surface area contributed by atoms with E-state index >= 15 is 0 Å². The number of nitrogens with zero attached hydrogens (tertiary/aromatic N) is 1. The van der Waals surface area contributed by atoms with Gasteiger partial charge in [-0.05, 0) is 55.0 Å². The number of carbonyl (C=O) groups excluding carboxylic acids is 1. The number of para-hydroxylation sites is 1. The summed E-state index contributed by atoms with van der Waals surface area (Å²) in [6, 6.07) is 18.5. The van der Waals surface area contributed by atoms with E-state index in [4.69, 9.17) is 0 Å². The first kappa shape index (κ1) is 19.6. The molecule has 0 aromatic heterocycles. The van der Waals surface area contributed by atoms with Gasteiger partial charge in [0.2, 0.25) is 0 Å². The van der Waals surface area contributed by atoms with E-state index in [1.54, 1.807) is 43.3 Å². The lowest BCUT2D eigenvalue weighted by Crippen LogP contribution is -2.26. The predicted octanol–water partition coefficient (Wildman–Crippen LogP) is 4.21. The second-order valence-electron chi connectivity index (χ2n) is 6.25. The normalized spacial score (nSPS) is 11.1. The Bertz CT molecular complexity index is 1120. The number of nitrogens with one attached hydrogen (secondary N) is 1. The maximum atomic E-state index is 13.4. The lowest BCUT2D eigenvalue weighted by Gasteiger charge is -2.19. The lowest BCUT2D eigenvalue weighted by atomic mass is 10.1. The van der Waals surface area contributed by atoms with Gasteiger partial charge in [0, 0.05) is 18.3 Å². The molecule has 3 aromatic carbocycles. The van der Waals surface area contributed by atoms with Crippen molar-refractivity contribution in [3.05, 3.63) is 89.7 Å². The molecule has 0 saturated carbocycles. The SMILES string of the molecule is Cc1ccc(F)cc1NC(=O)c1cccc(S(=O)(=O)N(C)c2ccccc2)c1. The molecule has 0 atom stereocenters. The minimum atomic E-state index is -3.84. The Hall–Kier alpha value is -3.19. The Kier molecular flexibility index (Phi) is 5.46. The van der Waals surface area contributed by atoms with Crippen molar-refractivity contribution in [1.82, 2.24) is 0 Å². The van der Waals surface area contributed by atoms with Crippen LogP contribution < -0.4 is 9.62 Å². The van der Waals surface area contributed by atoms with Crippen LogP contribution in [0.25, 0.3) is 0 Å². The highest BCUT2D eigenvalue weighted by Gasteiger charge is 2.22. The van der Waals surface area contributed by atoms with Crippen LogP contribution in [-0.4, -0.2) is 21.4 Å². The summed E-state index contributed by atoms with van der Waals surface area (Å²) >= 11 is 0. The molecule has 0 aliphatic rings. The zero-order chi connectivity index (χ0) is 20.3. The molecule has 0 heterocycles. The third kappa shape index (κ3) is 4.04. The highest BCUT2D eigenvalue weighted by Crippen LogP contribution is 2.23. The Labute approximate surface area is 163 Å². The molecule has 7 heteroatoms. The van der Waals surface area contributed by atoms with Crippen LogP contribution in [0.5, 0.6) is 0 Å². The Balaban J connectivity index is 1.89. The highest BCUT2D eigenvalue weighted by atomic mass is 32.2. The minimum absolute atomic E-state index is 0.0116. The van der Waals surface area contributed by atoms with Gasteiger partial charge in [-0.3, -0.25) is 9.10 Å². The number of anilines is 2. The zero-order valence-corrected chi connectivity index (χ0v) is 16.2. The van der Waals surface area contributed by atoms with Gasteiger partial charge < -0.3 is 5.32 Å². The number of sulfonamides is 1. The second-order valence-corrected chi connectivity index (χ2v) is 8.22. The maximum Gasteiger partial charge on any atom is 0.264 e. The first-order chi connectivity index (χ1) is 13.3. The number of hydrogen-bond acceptors (Lipinski definition) is 3. The molecule has 3 rings (SSSR count). The smallest absolute Gasteiger partial charge is 0.264 e. The van der Waals surface area contributed by atoms with Crippen LogP contribution in [0, 0.1) is 12.7 Å². The quantitative estimate of drug-likeness (QED) is 0.700. The van der Waals surface area contributed by atoms with E-state index in [9.17, 15) is 17.6 Å². The van der Waals surface area contributed by atoms with Crippen molar-refractivity contribution in [2.75, 3.05) is 16.7 Å². The van der Waals surface area contributed by atoms with Gasteiger partial charge in [-0.15, -0.1) is 0 Å². The van der Waals surface area contributed by atoms with E-state index in [-0.39, 0.29) is 10.5 Å². The number of benzene rings is 3. The van der Waals surface area contributed by atoms with Crippen LogP contribution in [0.1, 0.15) is 15.9 Å². The van der Waals surface area contributed by atoms with Crippen LogP contribution in [0.4, 0.5) is 15.8 Å². The topological polar surface area (TPSA) is 66.5 Å². The van der Waals surface area contributed by atoms with Crippen molar-refractivity contribution in [2.45, 2.75) is 11.8 Å². The average Bonchev–Trinajstić information content (AvgIpc) is 2.71. The number of halogens is 1. The van der Waals surface area contributed by atoms with Crippen molar-refractivity contribution in [2.24, 2.45) is 0 Å². The van der Waals surface area contributed by atoms with Crippen molar-refractivity contribution in [1.29, 1.82) is 0 Å². The Morgan fingerprint density at radius 1 is 0.964 bits per heavy atom. The van der Waals surface area contributed by atoms with Crippen LogP contribution in [0.2, 0.25) is 0 Å². The number of carbonyl (C=O) groups is 1. The average molecular weight is 398 g/mol. The summed E-state index contributed by atoms with van der Waals surface area (Å²) in [6.07, 6.45) is 0. The molecule has 0 radical (unpaired) electrons. The molecule has 0 fully saturated rings. The number of amides is 1. The number of aryl methyl sites for hydroxylation is 1. The van der Waals surface area contributed by atoms with E-state index < -0.39 is 21.7 Å². The van der Waals surface area contributed by atoms with Gasteiger partial charge in [-0.2, -0.15) is 0 Å². The molecule has 0 unspecified atom stereocenters. The van der Waals surface area contributed by atoms with Gasteiger partial charge in [0.25, 0.3) is 15.9 Å². The molecule has 0 saturated heterocycles. The molecule has 1 N–H and O–H groups in total.